The highest BCUT2D eigenvalue weighted by Gasteiger charge is 2.41. The van der Waals surface area contributed by atoms with Crippen molar-refractivity contribution < 1.29 is 4.79 Å². The van der Waals surface area contributed by atoms with E-state index in [1.54, 1.807) is 24.3 Å². The minimum absolute atomic E-state index is 0.0564. The van der Waals surface area contributed by atoms with Gasteiger partial charge in [0.05, 0.1) is 11.6 Å². The molecule has 0 bridgehead atoms. The average Bonchev–Trinajstić information content (AvgIpc) is 3.09. The maximum Gasteiger partial charge on any atom is 0.253 e. The lowest BCUT2D eigenvalue weighted by Crippen LogP contribution is -2.33. The Morgan fingerprint density at radius 1 is 1.42 bits per heavy atom. The Hall–Kier alpha value is -1.86. The van der Waals surface area contributed by atoms with Gasteiger partial charge in [-0.2, -0.15) is 5.26 Å². The third-order valence-corrected chi connectivity index (χ3v) is 4.30. The van der Waals surface area contributed by atoms with Crippen molar-refractivity contribution in [2.24, 2.45) is 5.41 Å². The molecule has 19 heavy (non-hydrogen) atoms. The number of likely N-dealkylation sites (tertiary alicyclic amines) is 1. The summed E-state index contributed by atoms with van der Waals surface area (Å²) < 4.78 is 0. The van der Waals surface area contributed by atoms with Gasteiger partial charge in [0.25, 0.3) is 5.91 Å². The van der Waals surface area contributed by atoms with Gasteiger partial charge in [-0.05, 0) is 37.6 Å². The summed E-state index contributed by atoms with van der Waals surface area (Å²) in [6.45, 7) is 3.76. The van der Waals surface area contributed by atoms with Crippen LogP contribution in [0.5, 0.6) is 0 Å². The topological polar surface area (TPSA) is 56.1 Å². The lowest BCUT2D eigenvalue weighted by Gasteiger charge is -2.22. The highest BCUT2D eigenvalue weighted by Crippen LogP contribution is 2.36. The van der Waals surface area contributed by atoms with Crippen molar-refractivity contribution in [3.63, 3.8) is 0 Å². The first-order valence-corrected chi connectivity index (χ1v) is 6.73. The molecule has 2 fully saturated rings. The van der Waals surface area contributed by atoms with Gasteiger partial charge in [0, 0.05) is 30.6 Å². The molecule has 0 radical (unpaired) electrons. The maximum atomic E-state index is 12.5. The molecule has 3 rings (SSSR count). The molecule has 4 nitrogen and oxygen atoms in total. The number of nitrogens with zero attached hydrogens (tertiary/aromatic N) is 2. The molecule has 2 aliphatic heterocycles. The van der Waals surface area contributed by atoms with E-state index < -0.39 is 0 Å². The standard InChI is InChI=1S/C15H17N3O/c16-9-12-2-1-3-13(8-12)14(19)18-7-5-15(11-18)4-6-17-10-15/h1-3,8,17H,4-7,10-11H2. The van der Waals surface area contributed by atoms with Crippen LogP contribution in [0.25, 0.3) is 0 Å². The third-order valence-electron chi connectivity index (χ3n) is 4.30. The fourth-order valence-electron chi connectivity index (χ4n) is 3.16. The molecule has 98 valence electrons. The van der Waals surface area contributed by atoms with E-state index in [4.69, 9.17) is 5.26 Å². The highest BCUT2D eigenvalue weighted by atomic mass is 16.2. The van der Waals surface area contributed by atoms with E-state index in [2.05, 4.69) is 11.4 Å². The molecule has 0 aromatic heterocycles. The molecular weight excluding hydrogens is 238 g/mol. The Morgan fingerprint density at radius 3 is 3.05 bits per heavy atom. The van der Waals surface area contributed by atoms with Crippen LogP contribution in [0.4, 0.5) is 0 Å². The van der Waals surface area contributed by atoms with Crippen molar-refractivity contribution in [2.45, 2.75) is 12.8 Å². The minimum Gasteiger partial charge on any atom is -0.338 e. The van der Waals surface area contributed by atoms with Crippen molar-refractivity contribution >= 4 is 5.91 Å². The van der Waals surface area contributed by atoms with Gasteiger partial charge >= 0.3 is 0 Å². The zero-order chi connectivity index (χ0) is 13.3. The molecule has 1 aromatic carbocycles. The Morgan fingerprint density at radius 2 is 2.32 bits per heavy atom. The summed E-state index contributed by atoms with van der Waals surface area (Å²) >= 11 is 0. The summed E-state index contributed by atoms with van der Waals surface area (Å²) in [6.07, 6.45) is 2.25. The summed E-state index contributed by atoms with van der Waals surface area (Å²) in [6, 6.07) is 9.05. The van der Waals surface area contributed by atoms with Crippen LogP contribution < -0.4 is 5.32 Å². The van der Waals surface area contributed by atoms with Gasteiger partial charge in [0.1, 0.15) is 0 Å². The lowest BCUT2D eigenvalue weighted by atomic mass is 9.86. The normalized spacial score (nSPS) is 25.7. The Balaban J connectivity index is 1.76. The second-order valence-corrected chi connectivity index (χ2v) is 5.60. The van der Waals surface area contributed by atoms with Crippen molar-refractivity contribution in [3.05, 3.63) is 35.4 Å². The number of hydrogen-bond donors (Lipinski definition) is 1. The molecule has 1 unspecified atom stereocenters. The molecule has 4 heteroatoms. The Labute approximate surface area is 113 Å². The quantitative estimate of drug-likeness (QED) is 0.825. The van der Waals surface area contributed by atoms with Crippen LogP contribution in [0.1, 0.15) is 28.8 Å². The molecule has 2 heterocycles. The highest BCUT2D eigenvalue weighted by molar-refractivity contribution is 5.94. The van der Waals surface area contributed by atoms with Crippen molar-refractivity contribution in [1.82, 2.24) is 10.2 Å². The van der Waals surface area contributed by atoms with Gasteiger partial charge in [0.2, 0.25) is 0 Å². The maximum absolute atomic E-state index is 12.5. The minimum atomic E-state index is 0.0564. The van der Waals surface area contributed by atoms with E-state index in [9.17, 15) is 4.79 Å². The first-order valence-electron chi connectivity index (χ1n) is 6.73. The number of benzene rings is 1. The van der Waals surface area contributed by atoms with Gasteiger partial charge in [-0.3, -0.25) is 4.79 Å². The number of carbonyl (C=O) groups is 1. The molecule has 1 spiro atoms. The van der Waals surface area contributed by atoms with Gasteiger partial charge in [-0.15, -0.1) is 0 Å². The first kappa shape index (κ1) is 12.2. The number of nitrogens with one attached hydrogen (secondary N) is 1. The second-order valence-electron chi connectivity index (χ2n) is 5.60. The molecular formula is C15H17N3O. The summed E-state index contributed by atoms with van der Waals surface area (Å²) in [4.78, 5) is 14.4. The van der Waals surface area contributed by atoms with Crippen LogP contribution in [0.15, 0.2) is 24.3 Å². The van der Waals surface area contributed by atoms with Gasteiger partial charge < -0.3 is 10.2 Å². The molecule has 0 aliphatic carbocycles. The third kappa shape index (κ3) is 2.22. The number of rotatable bonds is 1. The fourth-order valence-corrected chi connectivity index (χ4v) is 3.16. The van der Waals surface area contributed by atoms with Crippen LogP contribution >= 0.6 is 0 Å². The predicted molar refractivity (Wildman–Crippen MR) is 71.6 cm³/mol. The van der Waals surface area contributed by atoms with E-state index in [1.807, 2.05) is 4.90 Å². The number of nitriles is 1. The van der Waals surface area contributed by atoms with Gasteiger partial charge in [-0.25, -0.2) is 0 Å². The zero-order valence-corrected chi connectivity index (χ0v) is 10.9. The van der Waals surface area contributed by atoms with E-state index in [0.717, 1.165) is 39.0 Å². The molecule has 2 saturated heterocycles. The molecule has 1 amide bonds. The van der Waals surface area contributed by atoms with Gasteiger partial charge in [-0.1, -0.05) is 6.07 Å². The predicted octanol–water partition coefficient (Wildman–Crippen LogP) is 1.38. The fraction of sp³-hybridized carbons (Fsp3) is 0.467. The Bertz CT molecular complexity index is 541. The van der Waals surface area contributed by atoms with Crippen LogP contribution in [0.2, 0.25) is 0 Å². The van der Waals surface area contributed by atoms with E-state index in [-0.39, 0.29) is 5.91 Å². The van der Waals surface area contributed by atoms with E-state index >= 15 is 0 Å². The van der Waals surface area contributed by atoms with Crippen LogP contribution in [0, 0.1) is 16.7 Å². The molecule has 1 aromatic rings. The number of carbonyl (C=O) groups excluding carboxylic acids is 1. The number of amides is 1. The van der Waals surface area contributed by atoms with E-state index in [1.165, 1.54) is 0 Å². The summed E-state index contributed by atoms with van der Waals surface area (Å²) in [5.41, 5.74) is 1.46. The van der Waals surface area contributed by atoms with Crippen molar-refractivity contribution in [3.8, 4) is 6.07 Å². The van der Waals surface area contributed by atoms with Crippen LogP contribution in [-0.4, -0.2) is 37.0 Å². The lowest BCUT2D eigenvalue weighted by molar-refractivity contribution is 0.0775. The average molecular weight is 255 g/mol. The van der Waals surface area contributed by atoms with Crippen molar-refractivity contribution in [2.75, 3.05) is 26.2 Å². The molecule has 1 atom stereocenters. The molecule has 2 aliphatic rings. The largest absolute Gasteiger partial charge is 0.338 e. The second kappa shape index (κ2) is 4.67. The first-order chi connectivity index (χ1) is 9.22. The van der Waals surface area contributed by atoms with Crippen molar-refractivity contribution in [1.29, 1.82) is 5.26 Å². The van der Waals surface area contributed by atoms with Crippen LogP contribution in [0.3, 0.4) is 0 Å². The summed E-state index contributed by atoms with van der Waals surface area (Å²) in [5, 5.41) is 12.3. The SMILES string of the molecule is N#Cc1cccc(C(=O)N2CCC3(CCNC3)C2)c1. The monoisotopic (exact) mass is 255 g/mol. The zero-order valence-electron chi connectivity index (χ0n) is 10.9. The molecule has 0 saturated carbocycles. The number of hydrogen-bond acceptors (Lipinski definition) is 3. The van der Waals surface area contributed by atoms with Gasteiger partial charge in [0.15, 0.2) is 0 Å². The summed E-state index contributed by atoms with van der Waals surface area (Å²) in [7, 11) is 0. The molecule has 1 N–H and O–H groups in total. The Kier molecular flexibility index (Phi) is 3.00. The van der Waals surface area contributed by atoms with Crippen LogP contribution in [-0.2, 0) is 0 Å². The smallest absolute Gasteiger partial charge is 0.253 e. The van der Waals surface area contributed by atoms with E-state index in [0.29, 0.717) is 16.5 Å². The summed E-state index contributed by atoms with van der Waals surface area (Å²) in [5.74, 6) is 0.0564.